The van der Waals surface area contributed by atoms with E-state index in [1.54, 1.807) is 0 Å². The zero-order valence-electron chi connectivity index (χ0n) is 26.1. The maximum atomic E-state index is 6.85. The fraction of sp³-hybridized carbons (Fsp3) is 0.0952. The second-order valence-corrected chi connectivity index (χ2v) is 15.4. The topological polar surface area (TPSA) is 52.6 Å². The summed E-state index contributed by atoms with van der Waals surface area (Å²) in [5, 5.41) is 11.5. The number of rotatable bonds is 3. The van der Waals surface area contributed by atoms with E-state index in [4.69, 9.17) is 16.8 Å². The highest BCUT2D eigenvalue weighted by atomic mass is 31.1. The molecule has 0 spiro atoms. The standard InChI is InChI=1S/C42H30O4P2/c1-5-13-31-27(9-1)17-21-35-39(31)40-32-14-6-2-10-28(32)18-22-36(40)44-47(43-35)25-26-48-45-37-23-19-29-11-3-7-15-33(29)41(37)42-34-16-8-4-12-30(34)20-24-38(42)46-48/h1-11,13-15,17-24H,12,16,25-26H2. The summed E-state index contributed by atoms with van der Waals surface area (Å²) < 4.78 is 27.3. The van der Waals surface area contributed by atoms with E-state index in [0.717, 1.165) is 62.1 Å². The minimum atomic E-state index is -1.34. The van der Waals surface area contributed by atoms with E-state index in [9.17, 15) is 0 Å². The molecule has 10 rings (SSSR count). The average Bonchev–Trinajstić information content (AvgIpc) is 3.42. The molecule has 2 aromatic heterocycles. The maximum Gasteiger partial charge on any atom is 0.217 e. The summed E-state index contributed by atoms with van der Waals surface area (Å²) in [6.07, 6.45) is 7.67. The van der Waals surface area contributed by atoms with Crippen molar-refractivity contribution in [2.75, 3.05) is 0 Å². The number of hydrogen-bond donors (Lipinski definition) is 0. The lowest BCUT2D eigenvalue weighted by molar-refractivity contribution is 0.619. The normalized spacial score (nSPS) is 13.3. The van der Waals surface area contributed by atoms with Gasteiger partial charge < -0.3 is 16.8 Å². The van der Waals surface area contributed by atoms with Crippen LogP contribution >= 0.6 is 16.0 Å². The van der Waals surface area contributed by atoms with Crippen molar-refractivity contribution in [2.24, 2.45) is 0 Å². The maximum absolute atomic E-state index is 6.85. The van der Waals surface area contributed by atoms with Gasteiger partial charge in [0.2, 0.25) is 16.0 Å². The SMILES string of the molecule is C1=CCc2c(ccc3op(CCp4oc5ccc6ccccc6c5c5c(ccc6ccccc65)o4)oc4ccc5ccccc5c4c23)C1. The van der Waals surface area contributed by atoms with Crippen molar-refractivity contribution < 1.29 is 16.8 Å². The van der Waals surface area contributed by atoms with Crippen LogP contribution in [0.4, 0.5) is 0 Å². The van der Waals surface area contributed by atoms with E-state index >= 15 is 0 Å². The molecule has 0 N–H and O–H groups in total. The highest BCUT2D eigenvalue weighted by Crippen LogP contribution is 2.46. The van der Waals surface area contributed by atoms with E-state index in [-0.39, 0.29) is 0 Å². The molecular weight excluding hydrogens is 630 g/mol. The Hall–Kier alpha value is -5.14. The molecule has 0 fully saturated rings. The van der Waals surface area contributed by atoms with Gasteiger partial charge in [-0.05, 0) is 80.6 Å². The molecule has 1 aliphatic rings. The Morgan fingerprint density at radius 1 is 0.396 bits per heavy atom. The van der Waals surface area contributed by atoms with Gasteiger partial charge in [0.1, 0.15) is 22.3 Å². The van der Waals surface area contributed by atoms with Crippen LogP contribution in [-0.2, 0) is 25.2 Å². The molecule has 48 heavy (non-hydrogen) atoms. The predicted molar refractivity (Wildman–Crippen MR) is 202 cm³/mol. The van der Waals surface area contributed by atoms with Gasteiger partial charge in [-0.15, -0.1) is 0 Å². The van der Waals surface area contributed by atoms with Crippen LogP contribution in [0.15, 0.2) is 150 Å². The lowest BCUT2D eigenvalue weighted by atomic mass is 9.91. The fourth-order valence-corrected chi connectivity index (χ4v) is 10.7. The molecule has 2 heterocycles. The third-order valence-corrected chi connectivity index (χ3v) is 12.8. The first-order chi connectivity index (χ1) is 23.8. The molecular formula is C42H30O4P2. The molecule has 1 aliphatic carbocycles. The first kappa shape index (κ1) is 27.9. The van der Waals surface area contributed by atoms with Gasteiger partial charge in [-0.1, -0.05) is 109 Å². The van der Waals surface area contributed by atoms with Crippen LogP contribution in [0.1, 0.15) is 11.1 Å². The van der Waals surface area contributed by atoms with Crippen molar-refractivity contribution in [1.82, 2.24) is 0 Å². The number of hydrogen-bond acceptors (Lipinski definition) is 4. The van der Waals surface area contributed by atoms with Gasteiger partial charge in [0.15, 0.2) is 0 Å². The van der Waals surface area contributed by atoms with E-state index in [1.165, 1.54) is 38.1 Å². The second kappa shape index (κ2) is 11.2. The molecule has 0 saturated carbocycles. The van der Waals surface area contributed by atoms with Crippen molar-refractivity contribution >= 4 is 92.2 Å². The van der Waals surface area contributed by atoms with E-state index < -0.39 is 16.0 Å². The van der Waals surface area contributed by atoms with Crippen molar-refractivity contribution in [2.45, 2.75) is 25.2 Å². The van der Waals surface area contributed by atoms with E-state index in [0.29, 0.717) is 12.3 Å². The Kier molecular flexibility index (Phi) is 6.54. The van der Waals surface area contributed by atoms with Gasteiger partial charge in [-0.3, -0.25) is 0 Å². The monoisotopic (exact) mass is 660 g/mol. The minimum absolute atomic E-state index is 0.658. The second-order valence-electron chi connectivity index (χ2n) is 12.4. The summed E-state index contributed by atoms with van der Waals surface area (Å²) >= 11 is 0. The van der Waals surface area contributed by atoms with Crippen LogP contribution in [-0.4, -0.2) is 0 Å². The summed E-state index contributed by atoms with van der Waals surface area (Å²) in [6.45, 7) is 0. The Morgan fingerprint density at radius 3 is 1.29 bits per heavy atom. The van der Waals surface area contributed by atoms with Crippen LogP contribution in [0.3, 0.4) is 0 Å². The third-order valence-electron chi connectivity index (χ3n) is 9.64. The van der Waals surface area contributed by atoms with Crippen LogP contribution in [0.5, 0.6) is 0 Å². The zero-order chi connectivity index (χ0) is 31.6. The Balaban J connectivity index is 1.19. The largest absolute Gasteiger partial charge is 0.419 e. The van der Waals surface area contributed by atoms with Crippen LogP contribution in [0.2, 0.25) is 0 Å². The molecule has 4 nitrogen and oxygen atoms in total. The molecule has 7 aromatic carbocycles. The predicted octanol–water partition coefficient (Wildman–Crippen LogP) is 13.7. The Morgan fingerprint density at radius 2 is 0.792 bits per heavy atom. The molecule has 0 aliphatic heterocycles. The molecule has 1 atom stereocenters. The average molecular weight is 661 g/mol. The van der Waals surface area contributed by atoms with Gasteiger partial charge in [-0.25, -0.2) is 0 Å². The first-order valence-corrected chi connectivity index (χ1v) is 19.1. The van der Waals surface area contributed by atoms with Crippen LogP contribution in [0, 0.1) is 0 Å². The molecule has 0 radical (unpaired) electrons. The smallest absolute Gasteiger partial charge is 0.217 e. The quantitative estimate of drug-likeness (QED) is 0.177. The minimum Gasteiger partial charge on any atom is -0.419 e. The summed E-state index contributed by atoms with van der Waals surface area (Å²) in [7, 11) is -2.67. The van der Waals surface area contributed by atoms with Gasteiger partial charge in [0.05, 0.1) is 12.3 Å². The molecule has 232 valence electrons. The lowest BCUT2D eigenvalue weighted by Gasteiger charge is -2.13. The number of benzene rings is 7. The summed E-state index contributed by atoms with van der Waals surface area (Å²) in [6, 6.07) is 42.8. The Labute approximate surface area is 278 Å². The van der Waals surface area contributed by atoms with Crippen molar-refractivity contribution in [3.05, 3.63) is 145 Å². The molecule has 9 aromatic rings. The summed E-state index contributed by atoms with van der Waals surface area (Å²) in [5.74, 6) is 0. The highest BCUT2D eigenvalue weighted by Gasteiger charge is 2.18. The first-order valence-electron chi connectivity index (χ1n) is 16.4. The van der Waals surface area contributed by atoms with Crippen molar-refractivity contribution in [3.63, 3.8) is 0 Å². The molecule has 0 amide bonds. The Bertz CT molecular complexity index is 2760. The highest BCUT2D eigenvalue weighted by molar-refractivity contribution is 7.40. The lowest BCUT2D eigenvalue weighted by Crippen LogP contribution is -1.98. The molecule has 0 bridgehead atoms. The molecule has 1 unspecified atom stereocenters. The summed E-state index contributed by atoms with van der Waals surface area (Å²) in [4.78, 5) is 0. The number of allylic oxidation sites excluding steroid dienone is 2. The van der Waals surface area contributed by atoms with Crippen molar-refractivity contribution in [3.8, 4) is 0 Å². The number of aryl methyl sites for hydroxylation is 2. The van der Waals surface area contributed by atoms with Crippen molar-refractivity contribution in [1.29, 1.82) is 0 Å². The van der Waals surface area contributed by atoms with Gasteiger partial charge >= 0.3 is 0 Å². The fourth-order valence-electron chi connectivity index (χ4n) is 7.43. The van der Waals surface area contributed by atoms with E-state index in [2.05, 4.69) is 133 Å². The molecule has 6 heteroatoms. The summed E-state index contributed by atoms with van der Waals surface area (Å²) in [5.41, 5.74) is 6.17. The third kappa shape index (κ3) is 4.52. The van der Waals surface area contributed by atoms with Crippen LogP contribution in [0.25, 0.3) is 76.2 Å². The number of fused-ring (bicyclic) bond motifs is 14. The van der Waals surface area contributed by atoms with Crippen LogP contribution < -0.4 is 0 Å². The van der Waals surface area contributed by atoms with Gasteiger partial charge in [0.25, 0.3) is 0 Å². The van der Waals surface area contributed by atoms with Gasteiger partial charge in [-0.2, -0.15) is 0 Å². The zero-order valence-corrected chi connectivity index (χ0v) is 27.8. The van der Waals surface area contributed by atoms with E-state index in [1.807, 2.05) is 0 Å². The molecule has 0 saturated heterocycles. The van der Waals surface area contributed by atoms with Gasteiger partial charge in [0, 0.05) is 21.5 Å².